The van der Waals surface area contributed by atoms with Crippen LogP contribution in [0.3, 0.4) is 0 Å². The molecule has 1 aromatic heterocycles. The molecule has 0 atom stereocenters. The number of aliphatic imine (C=N–C) groups is 1. The molecule has 3 aromatic rings. The largest absolute Gasteiger partial charge is 0.497 e. The van der Waals surface area contributed by atoms with Crippen molar-refractivity contribution in [2.75, 3.05) is 7.11 Å². The number of benzene rings is 2. The van der Waals surface area contributed by atoms with Crippen molar-refractivity contribution >= 4 is 28.5 Å². The van der Waals surface area contributed by atoms with E-state index < -0.39 is 0 Å². The van der Waals surface area contributed by atoms with Crippen molar-refractivity contribution in [2.45, 2.75) is 32.2 Å². The predicted molar refractivity (Wildman–Crippen MR) is 119 cm³/mol. The van der Waals surface area contributed by atoms with Crippen LogP contribution in [0.2, 0.25) is 0 Å². The Morgan fingerprint density at radius 2 is 1.97 bits per heavy atom. The molecule has 0 fully saturated rings. The lowest BCUT2D eigenvalue weighted by molar-refractivity contribution is 0.0951. The van der Waals surface area contributed by atoms with Gasteiger partial charge in [-0.2, -0.15) is 0 Å². The van der Waals surface area contributed by atoms with E-state index in [0.717, 1.165) is 46.7 Å². The van der Waals surface area contributed by atoms with Gasteiger partial charge in [-0.25, -0.2) is 4.99 Å². The van der Waals surface area contributed by atoms with Crippen LogP contribution in [0.5, 0.6) is 5.75 Å². The Bertz CT molecular complexity index is 1020. The van der Waals surface area contributed by atoms with Crippen molar-refractivity contribution in [3.63, 3.8) is 0 Å². The number of nitrogens with one attached hydrogen (secondary N) is 1. The van der Waals surface area contributed by atoms with Gasteiger partial charge in [0, 0.05) is 17.6 Å². The van der Waals surface area contributed by atoms with E-state index in [1.807, 2.05) is 60.8 Å². The molecule has 0 bridgehead atoms. The Morgan fingerprint density at radius 3 is 2.79 bits per heavy atom. The van der Waals surface area contributed by atoms with Gasteiger partial charge >= 0.3 is 0 Å². The van der Waals surface area contributed by atoms with Crippen LogP contribution in [-0.4, -0.2) is 19.2 Å². The Morgan fingerprint density at radius 1 is 1.14 bits per heavy atom. The molecule has 5 heteroatoms. The highest BCUT2D eigenvalue weighted by molar-refractivity contribution is 7.16. The molecule has 4 nitrogen and oxygen atoms in total. The zero-order valence-electron chi connectivity index (χ0n) is 16.5. The van der Waals surface area contributed by atoms with Crippen molar-refractivity contribution in [3.8, 4) is 5.75 Å². The fourth-order valence-electron chi connectivity index (χ4n) is 3.60. The molecule has 0 radical (unpaired) electrons. The summed E-state index contributed by atoms with van der Waals surface area (Å²) in [6.45, 7) is 0.517. The van der Waals surface area contributed by atoms with Crippen molar-refractivity contribution < 1.29 is 9.53 Å². The van der Waals surface area contributed by atoms with Crippen LogP contribution in [0.4, 0.5) is 5.00 Å². The number of fused-ring (bicyclic) bond motifs is 1. The zero-order chi connectivity index (χ0) is 20.1. The first kappa shape index (κ1) is 19.4. The lowest BCUT2D eigenvalue weighted by Crippen LogP contribution is -2.24. The Balaban J connectivity index is 1.60. The van der Waals surface area contributed by atoms with Crippen molar-refractivity contribution in [1.82, 2.24) is 5.32 Å². The summed E-state index contributed by atoms with van der Waals surface area (Å²) in [5.41, 5.74) is 3.97. The second-order valence-corrected chi connectivity index (χ2v) is 8.18. The van der Waals surface area contributed by atoms with Crippen LogP contribution in [0.25, 0.3) is 0 Å². The predicted octanol–water partition coefficient (Wildman–Crippen LogP) is 5.32. The van der Waals surface area contributed by atoms with E-state index in [0.29, 0.717) is 6.54 Å². The zero-order valence-corrected chi connectivity index (χ0v) is 17.3. The summed E-state index contributed by atoms with van der Waals surface area (Å²) in [5.74, 6) is 0.756. The third-order valence-corrected chi connectivity index (χ3v) is 6.30. The number of amides is 1. The number of carbonyl (C=O) groups excluding carboxylic acids is 1. The molecule has 2 aromatic carbocycles. The number of rotatable bonds is 6. The average molecular weight is 405 g/mol. The molecule has 0 unspecified atom stereocenters. The topological polar surface area (TPSA) is 50.7 Å². The van der Waals surface area contributed by atoms with Gasteiger partial charge in [0.1, 0.15) is 10.8 Å². The molecule has 148 valence electrons. The molecule has 29 heavy (non-hydrogen) atoms. The molecule has 0 spiro atoms. The summed E-state index contributed by atoms with van der Waals surface area (Å²) in [6, 6.07) is 17.7. The van der Waals surface area contributed by atoms with E-state index in [4.69, 9.17) is 9.73 Å². The van der Waals surface area contributed by atoms with Gasteiger partial charge in [-0.1, -0.05) is 42.5 Å². The molecule has 0 aliphatic heterocycles. The molecular formula is C24H24N2O2S. The smallest absolute Gasteiger partial charge is 0.254 e. The molecule has 0 saturated carbocycles. The maximum absolute atomic E-state index is 13.1. The Hall–Kier alpha value is -2.92. The molecule has 1 heterocycles. The van der Waals surface area contributed by atoms with Gasteiger partial charge in [0.15, 0.2) is 0 Å². The second-order valence-electron chi connectivity index (χ2n) is 7.09. The standard InChI is InChI=1S/C24H24N2O2S/c1-28-19-11-7-10-18(14-19)16-26-24-22(20-12-5-6-13-21(20)29-24)23(27)25-15-17-8-3-2-4-9-17/h2-4,7-11,14,16H,5-6,12-13,15H2,1H3,(H,25,27)/b26-16+. The minimum atomic E-state index is -0.0361. The van der Waals surface area contributed by atoms with Gasteiger partial charge in [-0.05, 0) is 54.5 Å². The van der Waals surface area contributed by atoms with Crippen LogP contribution < -0.4 is 10.1 Å². The molecule has 4 rings (SSSR count). The van der Waals surface area contributed by atoms with E-state index in [1.165, 1.54) is 16.9 Å². The number of nitrogens with zero attached hydrogens (tertiary/aromatic N) is 1. The van der Waals surface area contributed by atoms with E-state index in [9.17, 15) is 4.79 Å². The van der Waals surface area contributed by atoms with Crippen molar-refractivity contribution in [3.05, 3.63) is 81.7 Å². The lowest BCUT2D eigenvalue weighted by atomic mass is 9.95. The summed E-state index contributed by atoms with van der Waals surface area (Å²) in [4.78, 5) is 19.1. The SMILES string of the molecule is COc1cccc(/C=N/c2sc3c(c2C(=O)NCc2ccccc2)CCCC3)c1. The van der Waals surface area contributed by atoms with Crippen LogP contribution in [0, 0.1) is 0 Å². The van der Waals surface area contributed by atoms with E-state index >= 15 is 0 Å². The fraction of sp³-hybridized carbons (Fsp3) is 0.250. The average Bonchev–Trinajstić information content (AvgIpc) is 3.15. The highest BCUT2D eigenvalue weighted by Gasteiger charge is 2.25. The van der Waals surface area contributed by atoms with Crippen LogP contribution in [0.15, 0.2) is 59.6 Å². The number of thiophene rings is 1. The van der Waals surface area contributed by atoms with E-state index in [2.05, 4.69) is 5.32 Å². The summed E-state index contributed by atoms with van der Waals surface area (Å²) >= 11 is 1.65. The second kappa shape index (κ2) is 9.05. The first-order valence-electron chi connectivity index (χ1n) is 9.89. The number of hydrogen-bond donors (Lipinski definition) is 1. The first-order chi connectivity index (χ1) is 14.2. The quantitative estimate of drug-likeness (QED) is 0.566. The van der Waals surface area contributed by atoms with Gasteiger partial charge in [0.25, 0.3) is 5.91 Å². The summed E-state index contributed by atoms with van der Waals surface area (Å²) in [6.07, 6.45) is 6.11. The van der Waals surface area contributed by atoms with E-state index in [-0.39, 0.29) is 5.91 Å². The van der Waals surface area contributed by atoms with Gasteiger partial charge < -0.3 is 10.1 Å². The highest BCUT2D eigenvalue weighted by atomic mass is 32.1. The highest BCUT2D eigenvalue weighted by Crippen LogP contribution is 2.39. The molecule has 1 N–H and O–H groups in total. The third-order valence-electron chi connectivity index (χ3n) is 5.10. The fourth-order valence-corrected chi connectivity index (χ4v) is 4.83. The van der Waals surface area contributed by atoms with Gasteiger partial charge in [0.05, 0.1) is 12.7 Å². The lowest BCUT2D eigenvalue weighted by Gasteiger charge is -2.12. The molecule has 1 aliphatic rings. The third kappa shape index (κ3) is 4.57. The van der Waals surface area contributed by atoms with Crippen LogP contribution >= 0.6 is 11.3 Å². The first-order valence-corrected chi connectivity index (χ1v) is 10.7. The van der Waals surface area contributed by atoms with E-state index in [1.54, 1.807) is 18.4 Å². The maximum Gasteiger partial charge on any atom is 0.254 e. The maximum atomic E-state index is 13.1. The normalized spacial score (nSPS) is 13.3. The molecule has 1 amide bonds. The van der Waals surface area contributed by atoms with Crippen LogP contribution in [0.1, 0.15) is 44.8 Å². The Labute approximate surface area is 175 Å². The molecule has 0 saturated heterocycles. The number of ether oxygens (including phenoxy) is 1. The number of methoxy groups -OCH3 is 1. The monoisotopic (exact) mass is 404 g/mol. The van der Waals surface area contributed by atoms with Gasteiger partial charge in [-0.3, -0.25) is 4.79 Å². The number of hydrogen-bond acceptors (Lipinski definition) is 4. The van der Waals surface area contributed by atoms with Crippen molar-refractivity contribution in [2.24, 2.45) is 4.99 Å². The minimum Gasteiger partial charge on any atom is -0.497 e. The van der Waals surface area contributed by atoms with Gasteiger partial charge in [0.2, 0.25) is 0 Å². The number of carbonyl (C=O) groups is 1. The summed E-state index contributed by atoms with van der Waals surface area (Å²) in [5, 5.41) is 3.88. The molecule has 1 aliphatic carbocycles. The Kier molecular flexibility index (Phi) is 6.06. The number of aryl methyl sites for hydroxylation is 1. The van der Waals surface area contributed by atoms with Crippen LogP contribution in [-0.2, 0) is 19.4 Å². The summed E-state index contributed by atoms with van der Waals surface area (Å²) in [7, 11) is 1.65. The summed E-state index contributed by atoms with van der Waals surface area (Å²) < 4.78 is 5.29. The molecular weight excluding hydrogens is 380 g/mol. The van der Waals surface area contributed by atoms with Crippen molar-refractivity contribution in [1.29, 1.82) is 0 Å². The minimum absolute atomic E-state index is 0.0361. The van der Waals surface area contributed by atoms with Gasteiger partial charge in [-0.15, -0.1) is 11.3 Å².